The number of benzene rings is 2. The second-order valence-electron chi connectivity index (χ2n) is 8.46. The molecule has 0 aliphatic heterocycles. The van der Waals surface area contributed by atoms with Crippen LogP contribution in [0.1, 0.15) is 38.0 Å². The monoisotopic (exact) mass is 560 g/mol. The summed E-state index contributed by atoms with van der Waals surface area (Å²) in [6.45, 7) is 2.04. The zero-order valence-electron chi connectivity index (χ0n) is 21.0. The number of para-hydroxylation sites is 2. The molecule has 13 nitrogen and oxygen atoms in total. The van der Waals surface area contributed by atoms with E-state index in [9.17, 15) is 33.4 Å². The molecule has 0 radical (unpaired) electrons. The molecule has 5 aromatic rings. The van der Waals surface area contributed by atoms with Gasteiger partial charge >= 0.3 is 11.9 Å². The highest BCUT2D eigenvalue weighted by Gasteiger charge is 2.22. The average Bonchev–Trinajstić information content (AvgIpc) is 3.63. The van der Waals surface area contributed by atoms with E-state index in [1.54, 1.807) is 6.92 Å². The first-order valence-corrected chi connectivity index (χ1v) is 11.9. The summed E-state index contributed by atoms with van der Waals surface area (Å²) >= 11 is 0. The fourth-order valence-corrected chi connectivity index (χ4v) is 4.01. The molecule has 0 spiro atoms. The highest BCUT2D eigenvalue weighted by Crippen LogP contribution is 2.26. The lowest BCUT2D eigenvalue weighted by molar-refractivity contribution is 0.0685. The number of carboxylic acid groups (broad SMARTS) is 2. The van der Waals surface area contributed by atoms with Gasteiger partial charge in [-0.1, -0.05) is 22.6 Å². The first kappa shape index (κ1) is 26.7. The smallest absolute Gasteiger partial charge is 0.338 e. The lowest BCUT2D eigenvalue weighted by Crippen LogP contribution is -2.22. The van der Waals surface area contributed by atoms with Crippen molar-refractivity contribution in [1.29, 1.82) is 0 Å². The molecule has 0 fully saturated rings. The van der Waals surface area contributed by atoms with Gasteiger partial charge in [-0.05, 0) is 43.3 Å². The van der Waals surface area contributed by atoms with Crippen molar-refractivity contribution < 1.29 is 33.4 Å². The summed E-state index contributed by atoms with van der Waals surface area (Å²) in [5.41, 5.74) is -0.955. The van der Waals surface area contributed by atoms with Crippen LogP contribution in [0.2, 0.25) is 0 Å². The maximum atomic E-state index is 14.6. The van der Waals surface area contributed by atoms with Crippen LogP contribution < -0.4 is 5.32 Å². The molecule has 41 heavy (non-hydrogen) atoms. The number of aromatic nitrogens is 7. The topological polar surface area (TPSA) is 178 Å². The van der Waals surface area contributed by atoms with Gasteiger partial charge in [0.2, 0.25) is 0 Å². The van der Waals surface area contributed by atoms with E-state index in [-0.39, 0.29) is 50.8 Å². The van der Waals surface area contributed by atoms with E-state index in [2.05, 4.69) is 30.9 Å². The van der Waals surface area contributed by atoms with Crippen LogP contribution in [0.4, 0.5) is 8.78 Å². The lowest BCUT2D eigenvalue weighted by atomic mass is 10.1. The van der Waals surface area contributed by atoms with Crippen molar-refractivity contribution in [2.24, 2.45) is 0 Å². The van der Waals surface area contributed by atoms with Gasteiger partial charge in [-0.2, -0.15) is 0 Å². The molecular weight excluding hydrogens is 542 g/mol. The second-order valence-corrected chi connectivity index (χ2v) is 8.46. The van der Waals surface area contributed by atoms with E-state index < -0.39 is 29.5 Å². The van der Waals surface area contributed by atoms with Gasteiger partial charge in [0, 0.05) is 12.1 Å². The molecule has 0 saturated heterocycles. The highest BCUT2D eigenvalue weighted by atomic mass is 19.1. The lowest BCUT2D eigenvalue weighted by Gasteiger charge is -2.07. The fourth-order valence-electron chi connectivity index (χ4n) is 4.01. The number of aromatic carboxylic acids is 2. The zero-order chi connectivity index (χ0) is 29.3. The highest BCUT2D eigenvalue weighted by molar-refractivity contribution is 5.96. The van der Waals surface area contributed by atoms with E-state index in [0.717, 1.165) is 21.5 Å². The minimum Gasteiger partial charge on any atom is -0.478 e. The molecule has 1 amide bonds. The molecule has 0 unspecified atom stereocenters. The van der Waals surface area contributed by atoms with Crippen LogP contribution in [0.25, 0.3) is 34.2 Å². The first-order valence-electron chi connectivity index (χ1n) is 11.9. The minimum absolute atomic E-state index is 0.0617. The van der Waals surface area contributed by atoms with E-state index in [0.29, 0.717) is 6.54 Å². The summed E-state index contributed by atoms with van der Waals surface area (Å²) in [6, 6.07) is 9.85. The molecule has 3 aromatic heterocycles. The number of carboxylic acids is 2. The summed E-state index contributed by atoms with van der Waals surface area (Å²) in [5, 5.41) is 37.3. The molecule has 3 N–H and O–H groups in total. The number of nitrogens with zero attached hydrogens (tertiary/aromatic N) is 7. The van der Waals surface area contributed by atoms with E-state index in [4.69, 9.17) is 0 Å². The van der Waals surface area contributed by atoms with Gasteiger partial charge in [0.1, 0.15) is 34.4 Å². The largest absolute Gasteiger partial charge is 0.478 e. The summed E-state index contributed by atoms with van der Waals surface area (Å²) in [6.07, 6.45) is 2.49. The fraction of sp³-hybridized carbons (Fsp3) is 0.0769. The third kappa shape index (κ3) is 5.10. The summed E-state index contributed by atoms with van der Waals surface area (Å²) < 4.78 is 31.1. The van der Waals surface area contributed by atoms with Crippen molar-refractivity contribution in [2.45, 2.75) is 6.92 Å². The predicted molar refractivity (Wildman–Crippen MR) is 137 cm³/mol. The number of carbonyl (C=O) groups excluding carboxylic acids is 1. The van der Waals surface area contributed by atoms with Gasteiger partial charge in [0.25, 0.3) is 5.91 Å². The van der Waals surface area contributed by atoms with Crippen molar-refractivity contribution in [3.05, 3.63) is 89.2 Å². The average molecular weight is 560 g/mol. The normalized spacial score (nSPS) is 10.9. The molecule has 0 saturated carbocycles. The summed E-state index contributed by atoms with van der Waals surface area (Å²) in [4.78, 5) is 40.5. The predicted octanol–water partition coefficient (Wildman–Crippen LogP) is 3.00. The Hall–Kier alpha value is -5.86. The Kier molecular flexibility index (Phi) is 6.99. The second kappa shape index (κ2) is 10.7. The number of pyridine rings is 1. The maximum Gasteiger partial charge on any atom is 0.338 e. The van der Waals surface area contributed by atoms with Crippen molar-refractivity contribution in [2.75, 3.05) is 6.54 Å². The van der Waals surface area contributed by atoms with Crippen molar-refractivity contribution >= 4 is 17.8 Å². The Labute approximate surface area is 228 Å². The van der Waals surface area contributed by atoms with E-state index in [1.165, 1.54) is 48.8 Å². The molecular formula is C26H18F2N8O5. The molecule has 3 heterocycles. The summed E-state index contributed by atoms with van der Waals surface area (Å²) in [7, 11) is 0. The maximum absolute atomic E-state index is 14.6. The van der Waals surface area contributed by atoms with Crippen molar-refractivity contribution in [1.82, 2.24) is 40.3 Å². The molecule has 15 heteroatoms. The number of carbonyl (C=O) groups is 3. The Bertz CT molecular complexity index is 1710. The number of rotatable bonds is 8. The van der Waals surface area contributed by atoms with Crippen molar-refractivity contribution in [3.63, 3.8) is 0 Å². The Morgan fingerprint density at radius 2 is 1.24 bits per heavy atom. The number of amides is 1. The third-order valence-corrected chi connectivity index (χ3v) is 5.83. The Morgan fingerprint density at radius 3 is 1.66 bits per heavy atom. The van der Waals surface area contributed by atoms with E-state index >= 15 is 0 Å². The van der Waals surface area contributed by atoms with Crippen LogP contribution in [-0.4, -0.2) is 69.6 Å². The number of hydrogen-bond acceptors (Lipinski definition) is 8. The van der Waals surface area contributed by atoms with Crippen LogP contribution in [0.3, 0.4) is 0 Å². The molecule has 0 bridgehead atoms. The van der Waals surface area contributed by atoms with Crippen LogP contribution >= 0.6 is 0 Å². The van der Waals surface area contributed by atoms with Gasteiger partial charge in [0.05, 0.1) is 34.9 Å². The Balaban J connectivity index is 1.62. The van der Waals surface area contributed by atoms with Gasteiger partial charge in [0.15, 0.2) is 0 Å². The molecule has 2 aromatic carbocycles. The minimum atomic E-state index is -1.38. The quantitative estimate of drug-likeness (QED) is 0.255. The number of halogens is 2. The molecule has 0 aliphatic carbocycles. The van der Waals surface area contributed by atoms with Gasteiger partial charge in [-0.15, -0.1) is 10.2 Å². The van der Waals surface area contributed by atoms with Crippen LogP contribution in [-0.2, 0) is 0 Å². The SMILES string of the molecule is CCNC(=O)c1cc(-c2cn(-c3c(F)cccc3C(=O)O)nn2)nc(-c2cn(-c3c(F)cccc3C(=O)O)nn2)c1. The summed E-state index contributed by atoms with van der Waals surface area (Å²) in [5.74, 6) is -4.92. The third-order valence-electron chi connectivity index (χ3n) is 5.83. The molecule has 206 valence electrons. The zero-order valence-corrected chi connectivity index (χ0v) is 21.0. The number of hydrogen-bond donors (Lipinski definition) is 3. The first-order chi connectivity index (χ1) is 19.7. The van der Waals surface area contributed by atoms with Crippen LogP contribution in [0.5, 0.6) is 0 Å². The van der Waals surface area contributed by atoms with Gasteiger partial charge < -0.3 is 15.5 Å². The van der Waals surface area contributed by atoms with Crippen molar-refractivity contribution in [3.8, 4) is 34.2 Å². The standard InChI is InChI=1S/C26H18F2N8O5/c1-2-29-24(37)13-9-18(20-11-35(33-31-20)22-14(25(38)39)5-3-7-16(22)27)30-19(10-13)21-12-36(34-32-21)23-15(26(40)41)6-4-8-17(23)28/h3-12H,2H2,1H3,(H,29,37)(H,38,39)(H,40,41). The Morgan fingerprint density at radius 1 is 0.780 bits per heavy atom. The molecule has 0 atom stereocenters. The van der Waals surface area contributed by atoms with Gasteiger partial charge in [-0.3, -0.25) is 4.79 Å². The van der Waals surface area contributed by atoms with E-state index in [1.807, 2.05) is 0 Å². The molecule has 5 rings (SSSR count). The van der Waals surface area contributed by atoms with Gasteiger partial charge in [-0.25, -0.2) is 32.7 Å². The molecule has 0 aliphatic rings. The number of nitrogens with one attached hydrogen (secondary N) is 1. The van der Waals surface area contributed by atoms with Crippen LogP contribution in [0.15, 0.2) is 60.9 Å². The van der Waals surface area contributed by atoms with Crippen LogP contribution in [0, 0.1) is 11.6 Å².